The van der Waals surface area contributed by atoms with E-state index in [4.69, 9.17) is 5.73 Å². The van der Waals surface area contributed by atoms with Gasteiger partial charge in [0.2, 0.25) is 10.0 Å². The van der Waals surface area contributed by atoms with Crippen LogP contribution in [0.15, 0.2) is 29.2 Å². The number of hydrogen-bond donors (Lipinski definition) is 2. The monoisotopic (exact) mass is 306 g/mol. The Morgan fingerprint density at radius 2 is 1.81 bits per heavy atom. The number of benzene rings is 1. The van der Waals surface area contributed by atoms with Crippen LogP contribution in [0.4, 0.5) is 0 Å². The van der Waals surface area contributed by atoms with Gasteiger partial charge >= 0.3 is 0 Å². The molecule has 4 nitrogen and oxygen atoms in total. The largest absolute Gasteiger partial charge is 0.320 e. The lowest BCUT2D eigenvalue weighted by molar-refractivity contribution is 0.510. The van der Waals surface area contributed by atoms with Crippen LogP contribution in [0.25, 0.3) is 0 Å². The number of rotatable bonds is 3. The summed E-state index contributed by atoms with van der Waals surface area (Å²) in [6.07, 6.45) is 6.38. The smallest absolute Gasteiger partial charge is 0.242 e. The molecule has 21 heavy (non-hydrogen) atoms. The average Bonchev–Trinajstić information content (AvgIpc) is 2.73. The fraction of sp³-hybridized carbons (Fsp3) is 0.500. The molecule has 0 aliphatic heterocycles. The van der Waals surface area contributed by atoms with Crippen LogP contribution in [-0.4, -0.2) is 21.0 Å². The molecule has 3 N–H and O–H groups in total. The molecule has 0 radical (unpaired) electrons. The van der Waals surface area contributed by atoms with Gasteiger partial charge in [-0.05, 0) is 25.0 Å². The Bertz CT molecular complexity index is 621. The first kappa shape index (κ1) is 16.0. The van der Waals surface area contributed by atoms with Crippen LogP contribution < -0.4 is 10.5 Å². The maximum absolute atomic E-state index is 12.6. The molecule has 1 aliphatic rings. The van der Waals surface area contributed by atoms with Gasteiger partial charge < -0.3 is 5.73 Å². The molecule has 2 rings (SSSR count). The second kappa shape index (κ2) is 7.60. The Balaban J connectivity index is 2.22. The van der Waals surface area contributed by atoms with Crippen LogP contribution in [0.1, 0.15) is 44.1 Å². The molecule has 1 saturated carbocycles. The van der Waals surface area contributed by atoms with Crippen LogP contribution in [0, 0.1) is 11.8 Å². The lowest BCUT2D eigenvalue weighted by Crippen LogP contribution is -2.34. The molecule has 5 heteroatoms. The Morgan fingerprint density at radius 1 is 1.14 bits per heavy atom. The zero-order valence-electron chi connectivity index (χ0n) is 12.1. The van der Waals surface area contributed by atoms with Gasteiger partial charge in [0, 0.05) is 11.6 Å². The summed E-state index contributed by atoms with van der Waals surface area (Å²) in [6, 6.07) is 6.85. The molecule has 1 aromatic rings. The third-order valence-electron chi connectivity index (χ3n) is 3.68. The van der Waals surface area contributed by atoms with E-state index in [-0.39, 0.29) is 17.5 Å². The van der Waals surface area contributed by atoms with Crippen molar-refractivity contribution in [3.63, 3.8) is 0 Å². The second-order valence-electron chi connectivity index (χ2n) is 5.31. The van der Waals surface area contributed by atoms with Gasteiger partial charge in [-0.25, -0.2) is 13.1 Å². The zero-order valence-corrected chi connectivity index (χ0v) is 13.0. The number of hydrogen-bond acceptors (Lipinski definition) is 3. The van der Waals surface area contributed by atoms with E-state index in [2.05, 4.69) is 16.6 Å². The molecule has 1 aliphatic carbocycles. The van der Waals surface area contributed by atoms with Crippen LogP contribution in [-0.2, 0) is 10.0 Å². The van der Waals surface area contributed by atoms with E-state index in [1.807, 2.05) is 0 Å². The van der Waals surface area contributed by atoms with E-state index in [9.17, 15) is 8.42 Å². The van der Waals surface area contributed by atoms with Crippen LogP contribution >= 0.6 is 0 Å². The highest BCUT2D eigenvalue weighted by Gasteiger charge is 2.22. The van der Waals surface area contributed by atoms with Gasteiger partial charge in [0.15, 0.2) is 0 Å². The highest BCUT2D eigenvalue weighted by molar-refractivity contribution is 7.89. The molecule has 114 valence electrons. The topological polar surface area (TPSA) is 72.2 Å². The van der Waals surface area contributed by atoms with Gasteiger partial charge in [0.25, 0.3) is 0 Å². The molecule has 1 aromatic carbocycles. The lowest BCUT2D eigenvalue weighted by atomic mass is 10.1. The predicted octanol–water partition coefficient (Wildman–Crippen LogP) is 2.00. The minimum absolute atomic E-state index is 0.0352. The van der Waals surface area contributed by atoms with E-state index >= 15 is 0 Å². The van der Waals surface area contributed by atoms with Gasteiger partial charge in [-0.2, -0.15) is 0 Å². The zero-order chi connectivity index (χ0) is 15.1. The summed E-state index contributed by atoms with van der Waals surface area (Å²) in [5.41, 5.74) is 5.87. The molecule has 0 amide bonds. The van der Waals surface area contributed by atoms with Crippen molar-refractivity contribution in [2.75, 3.05) is 6.54 Å². The summed E-state index contributed by atoms with van der Waals surface area (Å²) in [5.74, 6) is 5.55. The van der Waals surface area contributed by atoms with Crippen molar-refractivity contribution in [3.8, 4) is 11.8 Å². The van der Waals surface area contributed by atoms with Crippen molar-refractivity contribution in [1.29, 1.82) is 0 Å². The summed E-state index contributed by atoms with van der Waals surface area (Å²) in [5, 5.41) is 0. The van der Waals surface area contributed by atoms with Gasteiger partial charge in [-0.1, -0.05) is 49.7 Å². The maximum Gasteiger partial charge on any atom is 0.242 e. The molecule has 0 spiro atoms. The minimum atomic E-state index is -3.53. The van der Waals surface area contributed by atoms with E-state index in [0.717, 1.165) is 25.7 Å². The lowest BCUT2D eigenvalue weighted by Gasteiger charge is -2.17. The second-order valence-corrected chi connectivity index (χ2v) is 6.99. The van der Waals surface area contributed by atoms with Gasteiger partial charge in [0.1, 0.15) is 0 Å². The molecule has 0 aromatic heterocycles. The highest BCUT2D eigenvalue weighted by atomic mass is 32.2. The summed E-state index contributed by atoms with van der Waals surface area (Å²) in [6.45, 7) is 0.213. The summed E-state index contributed by atoms with van der Waals surface area (Å²) in [4.78, 5) is 0.246. The van der Waals surface area contributed by atoms with Gasteiger partial charge in [0.05, 0.1) is 11.4 Å². The van der Waals surface area contributed by atoms with Crippen molar-refractivity contribution in [3.05, 3.63) is 29.8 Å². The molecular formula is C16H22N2O2S. The Kier molecular flexibility index (Phi) is 5.80. The Labute approximate surface area is 127 Å². The average molecular weight is 306 g/mol. The minimum Gasteiger partial charge on any atom is -0.320 e. The SMILES string of the molecule is NCC#Cc1ccccc1S(=O)(=O)NC1CCCCCC1. The first-order valence-corrected chi connectivity index (χ1v) is 8.92. The molecule has 1 fully saturated rings. The van der Waals surface area contributed by atoms with Crippen LogP contribution in [0.2, 0.25) is 0 Å². The molecule has 0 heterocycles. The van der Waals surface area contributed by atoms with Crippen LogP contribution in [0.3, 0.4) is 0 Å². The Hall–Kier alpha value is -1.35. The first-order valence-electron chi connectivity index (χ1n) is 7.44. The van der Waals surface area contributed by atoms with Crippen LogP contribution in [0.5, 0.6) is 0 Å². The standard InChI is InChI=1S/C16H22N2O2S/c17-13-7-9-14-8-5-6-12-16(14)21(19,20)18-15-10-3-1-2-4-11-15/h5-6,8,12,15,18H,1-4,10-11,13,17H2. The Morgan fingerprint density at radius 3 is 2.48 bits per heavy atom. The molecule has 0 atom stereocenters. The third kappa shape index (κ3) is 4.57. The predicted molar refractivity (Wildman–Crippen MR) is 84.2 cm³/mol. The van der Waals surface area contributed by atoms with Gasteiger partial charge in [-0.3, -0.25) is 0 Å². The van der Waals surface area contributed by atoms with E-state index < -0.39 is 10.0 Å². The summed E-state index contributed by atoms with van der Waals surface area (Å²) >= 11 is 0. The van der Waals surface area contributed by atoms with Crippen molar-refractivity contribution < 1.29 is 8.42 Å². The fourth-order valence-electron chi connectivity index (χ4n) is 2.63. The molecule has 0 saturated heterocycles. The van der Waals surface area contributed by atoms with Crippen molar-refractivity contribution in [2.24, 2.45) is 5.73 Å². The van der Waals surface area contributed by atoms with Crippen molar-refractivity contribution in [1.82, 2.24) is 4.72 Å². The van der Waals surface area contributed by atoms with E-state index in [1.54, 1.807) is 24.3 Å². The number of nitrogens with one attached hydrogen (secondary N) is 1. The fourth-order valence-corrected chi connectivity index (χ4v) is 4.10. The molecule has 0 unspecified atom stereocenters. The highest BCUT2D eigenvalue weighted by Crippen LogP contribution is 2.21. The third-order valence-corrected chi connectivity index (χ3v) is 5.26. The number of sulfonamides is 1. The van der Waals surface area contributed by atoms with Crippen molar-refractivity contribution in [2.45, 2.75) is 49.5 Å². The summed E-state index contributed by atoms with van der Waals surface area (Å²) < 4.78 is 28.0. The van der Waals surface area contributed by atoms with E-state index in [0.29, 0.717) is 5.56 Å². The quantitative estimate of drug-likeness (QED) is 0.663. The normalized spacial score (nSPS) is 16.8. The molecule has 0 bridgehead atoms. The maximum atomic E-state index is 12.6. The number of nitrogens with two attached hydrogens (primary N) is 1. The van der Waals surface area contributed by atoms with Gasteiger partial charge in [-0.15, -0.1) is 0 Å². The molecular weight excluding hydrogens is 284 g/mol. The van der Waals surface area contributed by atoms with Crippen molar-refractivity contribution >= 4 is 10.0 Å². The first-order chi connectivity index (χ1) is 10.1. The summed E-state index contributed by atoms with van der Waals surface area (Å²) in [7, 11) is -3.53. The van der Waals surface area contributed by atoms with E-state index in [1.165, 1.54) is 12.8 Å².